The van der Waals surface area contributed by atoms with Crippen molar-refractivity contribution in [2.24, 2.45) is 5.92 Å². The van der Waals surface area contributed by atoms with Crippen molar-refractivity contribution in [3.05, 3.63) is 34.6 Å². The summed E-state index contributed by atoms with van der Waals surface area (Å²) in [4.78, 5) is 0. The summed E-state index contributed by atoms with van der Waals surface area (Å²) < 4.78 is 12.9. The van der Waals surface area contributed by atoms with Crippen LogP contribution in [0.5, 0.6) is 0 Å². The van der Waals surface area contributed by atoms with Crippen molar-refractivity contribution in [1.29, 1.82) is 5.26 Å². The number of nitrogens with one attached hydrogen (secondary N) is 1. The molecule has 92 valence electrons. The summed E-state index contributed by atoms with van der Waals surface area (Å²) in [5.41, 5.74) is 0.994. The van der Waals surface area contributed by atoms with E-state index in [1.807, 2.05) is 6.92 Å². The summed E-state index contributed by atoms with van der Waals surface area (Å²) in [6.07, 6.45) is 1.63. The predicted molar refractivity (Wildman–Crippen MR) is 67.4 cm³/mol. The van der Waals surface area contributed by atoms with Crippen LogP contribution in [-0.4, -0.2) is 13.1 Å². The highest BCUT2D eigenvalue weighted by atomic mass is 35.5. The van der Waals surface area contributed by atoms with E-state index in [0.29, 0.717) is 6.54 Å². The van der Waals surface area contributed by atoms with Crippen molar-refractivity contribution in [3.8, 4) is 6.07 Å². The highest BCUT2D eigenvalue weighted by molar-refractivity contribution is 6.30. The van der Waals surface area contributed by atoms with Gasteiger partial charge in [0.05, 0.1) is 17.0 Å². The maximum absolute atomic E-state index is 12.9. The molecule has 2 nitrogen and oxygen atoms in total. The van der Waals surface area contributed by atoms with Crippen LogP contribution in [0.1, 0.15) is 18.9 Å². The molecular formula is C13H16ClFN2. The van der Waals surface area contributed by atoms with E-state index in [9.17, 15) is 4.39 Å². The second-order valence-corrected chi connectivity index (χ2v) is 4.34. The Labute approximate surface area is 106 Å². The van der Waals surface area contributed by atoms with E-state index in [0.717, 1.165) is 24.9 Å². The minimum atomic E-state index is -0.390. The summed E-state index contributed by atoms with van der Waals surface area (Å²) in [5, 5.41) is 12.1. The molecule has 4 heteroatoms. The highest BCUT2D eigenvalue weighted by Crippen LogP contribution is 2.16. The fraction of sp³-hybridized carbons (Fsp3) is 0.462. The number of benzene rings is 1. The first kappa shape index (κ1) is 14.0. The molecule has 1 rings (SSSR count). The number of halogens is 2. The van der Waals surface area contributed by atoms with Crippen LogP contribution in [0, 0.1) is 23.1 Å². The Kier molecular flexibility index (Phi) is 5.96. The first-order valence-corrected chi connectivity index (χ1v) is 6.09. The number of rotatable bonds is 6. The Balaban J connectivity index is 2.31. The number of nitriles is 1. The van der Waals surface area contributed by atoms with Gasteiger partial charge in [-0.25, -0.2) is 4.39 Å². The zero-order valence-electron chi connectivity index (χ0n) is 9.84. The summed E-state index contributed by atoms with van der Waals surface area (Å²) in [7, 11) is 0. The zero-order valence-corrected chi connectivity index (χ0v) is 10.6. The Morgan fingerprint density at radius 2 is 2.29 bits per heavy atom. The van der Waals surface area contributed by atoms with Gasteiger partial charge in [0, 0.05) is 6.54 Å². The zero-order chi connectivity index (χ0) is 12.7. The van der Waals surface area contributed by atoms with Gasteiger partial charge in [0.15, 0.2) is 0 Å². The minimum Gasteiger partial charge on any atom is -0.315 e. The van der Waals surface area contributed by atoms with Crippen LogP contribution in [0.3, 0.4) is 0 Å². The molecule has 0 spiro atoms. The first-order chi connectivity index (χ1) is 8.17. The second-order valence-electron chi connectivity index (χ2n) is 3.94. The van der Waals surface area contributed by atoms with E-state index in [4.69, 9.17) is 16.9 Å². The molecule has 0 aliphatic carbocycles. The Morgan fingerprint density at radius 1 is 1.53 bits per heavy atom. The lowest BCUT2D eigenvalue weighted by atomic mass is 10.1. The van der Waals surface area contributed by atoms with Gasteiger partial charge in [0.1, 0.15) is 5.82 Å². The third-order valence-electron chi connectivity index (χ3n) is 2.64. The van der Waals surface area contributed by atoms with Gasteiger partial charge in [-0.1, -0.05) is 24.6 Å². The fourth-order valence-electron chi connectivity index (χ4n) is 1.49. The molecule has 0 aliphatic rings. The monoisotopic (exact) mass is 254 g/mol. The van der Waals surface area contributed by atoms with E-state index < -0.39 is 0 Å². The van der Waals surface area contributed by atoms with Crippen LogP contribution < -0.4 is 5.32 Å². The van der Waals surface area contributed by atoms with Crippen molar-refractivity contribution < 1.29 is 4.39 Å². The summed E-state index contributed by atoms with van der Waals surface area (Å²) >= 11 is 5.68. The molecule has 0 radical (unpaired) electrons. The van der Waals surface area contributed by atoms with Gasteiger partial charge >= 0.3 is 0 Å². The molecule has 0 aliphatic heterocycles. The maximum Gasteiger partial charge on any atom is 0.141 e. The molecule has 0 amide bonds. The van der Waals surface area contributed by atoms with E-state index in [2.05, 4.69) is 11.4 Å². The third-order valence-corrected chi connectivity index (χ3v) is 2.93. The SMILES string of the molecule is CCC(C#N)CNCCc1ccc(F)c(Cl)c1. The smallest absolute Gasteiger partial charge is 0.141 e. The molecule has 17 heavy (non-hydrogen) atoms. The minimum absolute atomic E-state index is 0.0619. The molecule has 0 fully saturated rings. The van der Waals surface area contributed by atoms with E-state index in [1.165, 1.54) is 6.07 Å². The van der Waals surface area contributed by atoms with Crippen LogP contribution in [-0.2, 0) is 6.42 Å². The lowest BCUT2D eigenvalue weighted by Crippen LogP contribution is -2.23. The molecular weight excluding hydrogens is 239 g/mol. The highest BCUT2D eigenvalue weighted by Gasteiger charge is 2.04. The van der Waals surface area contributed by atoms with E-state index >= 15 is 0 Å². The molecule has 0 aromatic heterocycles. The third kappa shape index (κ3) is 4.72. The molecule has 0 saturated carbocycles. The average Bonchev–Trinajstić information content (AvgIpc) is 2.34. The molecule has 1 atom stereocenters. The molecule has 1 aromatic rings. The van der Waals surface area contributed by atoms with Crippen molar-refractivity contribution in [2.45, 2.75) is 19.8 Å². The summed E-state index contributed by atoms with van der Waals surface area (Å²) in [6.45, 7) is 3.46. The standard InChI is InChI=1S/C13H16ClFN2/c1-2-10(8-16)9-17-6-5-11-3-4-13(15)12(14)7-11/h3-4,7,10,17H,2,5-6,9H2,1H3. The van der Waals surface area contributed by atoms with Gasteiger partial charge in [0.2, 0.25) is 0 Å². The molecule has 0 heterocycles. The molecule has 1 N–H and O–H groups in total. The van der Waals surface area contributed by atoms with Gasteiger partial charge in [-0.15, -0.1) is 0 Å². The van der Waals surface area contributed by atoms with E-state index in [1.54, 1.807) is 12.1 Å². The van der Waals surface area contributed by atoms with Gasteiger partial charge in [-0.05, 0) is 37.1 Å². The Hall–Kier alpha value is -1.11. The molecule has 0 bridgehead atoms. The van der Waals surface area contributed by atoms with Crippen LogP contribution in [0.25, 0.3) is 0 Å². The van der Waals surface area contributed by atoms with Gasteiger partial charge in [-0.2, -0.15) is 5.26 Å². The van der Waals surface area contributed by atoms with Crippen molar-refractivity contribution >= 4 is 11.6 Å². The van der Waals surface area contributed by atoms with Crippen LogP contribution >= 0.6 is 11.6 Å². The topological polar surface area (TPSA) is 35.8 Å². The van der Waals surface area contributed by atoms with Crippen LogP contribution in [0.15, 0.2) is 18.2 Å². The largest absolute Gasteiger partial charge is 0.315 e. The van der Waals surface area contributed by atoms with Gasteiger partial charge in [0.25, 0.3) is 0 Å². The van der Waals surface area contributed by atoms with E-state index in [-0.39, 0.29) is 16.8 Å². The lowest BCUT2D eigenvalue weighted by Gasteiger charge is -2.08. The fourth-order valence-corrected chi connectivity index (χ4v) is 1.69. The molecule has 0 saturated heterocycles. The number of hydrogen-bond donors (Lipinski definition) is 1. The van der Waals surface area contributed by atoms with Gasteiger partial charge in [-0.3, -0.25) is 0 Å². The number of hydrogen-bond acceptors (Lipinski definition) is 2. The normalized spacial score (nSPS) is 12.1. The predicted octanol–water partition coefficient (Wildman–Crippen LogP) is 3.16. The lowest BCUT2D eigenvalue weighted by molar-refractivity contribution is 0.554. The van der Waals surface area contributed by atoms with Crippen molar-refractivity contribution in [2.75, 3.05) is 13.1 Å². The van der Waals surface area contributed by atoms with Crippen molar-refractivity contribution in [3.63, 3.8) is 0 Å². The first-order valence-electron chi connectivity index (χ1n) is 5.71. The Bertz CT molecular complexity index is 401. The molecule has 1 aromatic carbocycles. The van der Waals surface area contributed by atoms with Crippen LogP contribution in [0.2, 0.25) is 5.02 Å². The maximum atomic E-state index is 12.9. The second kappa shape index (κ2) is 7.26. The molecule has 1 unspecified atom stereocenters. The summed E-state index contributed by atoms with van der Waals surface area (Å²) in [5.74, 6) is -0.328. The average molecular weight is 255 g/mol. The van der Waals surface area contributed by atoms with Gasteiger partial charge < -0.3 is 5.32 Å². The Morgan fingerprint density at radius 3 is 2.88 bits per heavy atom. The quantitative estimate of drug-likeness (QED) is 0.792. The number of nitrogens with zero attached hydrogens (tertiary/aromatic N) is 1. The van der Waals surface area contributed by atoms with Crippen molar-refractivity contribution in [1.82, 2.24) is 5.32 Å². The summed E-state index contributed by atoms with van der Waals surface area (Å²) in [6, 6.07) is 6.98. The van der Waals surface area contributed by atoms with Crippen LogP contribution in [0.4, 0.5) is 4.39 Å².